The fraction of sp³-hybridized carbons (Fsp3) is 0.700. The number of aliphatic hydroxyl groups excluding tert-OH is 2. The average molecular weight is 309 g/mol. The normalized spacial score (nSPS) is 32.5. The summed E-state index contributed by atoms with van der Waals surface area (Å²) in [5.74, 6) is 0. The first-order valence-corrected chi connectivity index (χ1v) is 7.19. The van der Waals surface area contributed by atoms with Gasteiger partial charge < -0.3 is 35.0 Å². The molecule has 1 aliphatic rings. The molecule has 1 heterocycles. The lowest BCUT2D eigenvalue weighted by atomic mass is 10.1. The third-order valence-corrected chi connectivity index (χ3v) is 3.70. The maximum absolute atomic E-state index is 11.7. The zero-order valence-corrected chi connectivity index (χ0v) is 11.8. The van der Waals surface area contributed by atoms with E-state index in [1.165, 1.54) is 6.08 Å². The molecular formula is C10H20N3O6P. The quantitative estimate of drug-likeness (QED) is 0.151. The van der Waals surface area contributed by atoms with Crippen LogP contribution in [0, 0.1) is 5.41 Å². The molecule has 116 valence electrons. The van der Waals surface area contributed by atoms with Crippen LogP contribution in [0.15, 0.2) is 12.7 Å². The fourth-order valence-corrected chi connectivity index (χ4v) is 2.71. The second-order valence-electron chi connectivity index (χ2n) is 4.04. The van der Waals surface area contributed by atoms with Crippen molar-refractivity contribution in [3.8, 4) is 0 Å². The lowest BCUT2D eigenvalue weighted by Crippen LogP contribution is -2.40. The number of ether oxygens (including phenoxy) is 1. The van der Waals surface area contributed by atoms with Crippen LogP contribution in [0.5, 0.6) is 0 Å². The lowest BCUT2D eigenvalue weighted by Gasteiger charge is -2.20. The summed E-state index contributed by atoms with van der Waals surface area (Å²) in [5, 5.41) is 28.4. The molecule has 1 unspecified atom stereocenters. The van der Waals surface area contributed by atoms with Gasteiger partial charge in [0.15, 0.2) is 6.23 Å². The Morgan fingerprint density at radius 2 is 2.35 bits per heavy atom. The summed E-state index contributed by atoms with van der Waals surface area (Å²) in [4.78, 5) is 0. The van der Waals surface area contributed by atoms with Crippen LogP contribution in [0.2, 0.25) is 0 Å². The SMILES string of the molecule is C=C[C@H](CN)O[PH](=O)O[C@H]1[C@@H](O)[C@@H](NC=N)O[C@@H]1CO. The molecule has 0 radical (unpaired) electrons. The molecule has 20 heavy (non-hydrogen) atoms. The summed E-state index contributed by atoms with van der Waals surface area (Å²) in [6.45, 7) is 3.12. The average Bonchev–Trinajstić information content (AvgIpc) is 2.73. The van der Waals surface area contributed by atoms with Crippen molar-refractivity contribution in [1.82, 2.24) is 5.32 Å². The Morgan fingerprint density at radius 3 is 2.85 bits per heavy atom. The molecule has 0 bridgehead atoms. The van der Waals surface area contributed by atoms with Crippen molar-refractivity contribution in [2.75, 3.05) is 13.2 Å². The van der Waals surface area contributed by atoms with Crippen molar-refractivity contribution in [3.05, 3.63) is 12.7 Å². The van der Waals surface area contributed by atoms with Gasteiger partial charge in [0, 0.05) is 6.54 Å². The number of aliphatic hydroxyl groups is 2. The number of hydrogen-bond acceptors (Lipinski definition) is 8. The lowest BCUT2D eigenvalue weighted by molar-refractivity contribution is -0.0234. The van der Waals surface area contributed by atoms with Crippen LogP contribution >= 0.6 is 8.25 Å². The summed E-state index contributed by atoms with van der Waals surface area (Å²) in [7, 11) is -2.95. The molecule has 0 saturated carbocycles. The molecule has 10 heteroatoms. The number of nitrogens with one attached hydrogen (secondary N) is 2. The topological polar surface area (TPSA) is 147 Å². The Hall–Kier alpha value is -0.800. The first-order chi connectivity index (χ1) is 9.57. The highest BCUT2D eigenvalue weighted by Crippen LogP contribution is 2.34. The van der Waals surface area contributed by atoms with Gasteiger partial charge in [-0.1, -0.05) is 6.08 Å². The van der Waals surface area contributed by atoms with Gasteiger partial charge in [-0.2, -0.15) is 0 Å². The van der Waals surface area contributed by atoms with Crippen molar-refractivity contribution in [3.63, 3.8) is 0 Å². The van der Waals surface area contributed by atoms with E-state index in [9.17, 15) is 9.67 Å². The molecule has 0 aliphatic carbocycles. The molecule has 6 atom stereocenters. The Labute approximate surface area is 117 Å². The van der Waals surface area contributed by atoms with Crippen LogP contribution in [-0.4, -0.2) is 60.3 Å². The Bertz CT molecular complexity index is 358. The van der Waals surface area contributed by atoms with Crippen molar-refractivity contribution >= 4 is 14.6 Å². The first-order valence-electron chi connectivity index (χ1n) is 5.96. The third kappa shape index (κ3) is 4.35. The predicted octanol–water partition coefficient (Wildman–Crippen LogP) is -1.43. The van der Waals surface area contributed by atoms with Crippen LogP contribution in [0.25, 0.3) is 0 Å². The van der Waals surface area contributed by atoms with Gasteiger partial charge in [-0.05, 0) is 0 Å². The highest BCUT2D eigenvalue weighted by atomic mass is 31.1. The third-order valence-electron chi connectivity index (χ3n) is 2.74. The highest BCUT2D eigenvalue weighted by Gasteiger charge is 2.45. The van der Waals surface area contributed by atoms with Crippen molar-refractivity contribution in [1.29, 1.82) is 5.41 Å². The number of nitrogens with two attached hydrogens (primary N) is 1. The minimum atomic E-state index is -2.95. The standard InChI is InChI=1S/C10H20N3O6P/c1-2-6(3-11)18-20(16)19-9-7(4-14)17-10(8(9)15)13-5-12/h2,5-10,14-15,20H,1,3-4,11H2,(H2,12,13)/t6-,7-,8-,9-,10+/m1/s1. The maximum atomic E-state index is 11.7. The van der Waals surface area contributed by atoms with E-state index in [0.717, 1.165) is 6.34 Å². The van der Waals surface area contributed by atoms with Gasteiger partial charge in [0.1, 0.15) is 18.3 Å². The van der Waals surface area contributed by atoms with E-state index in [1.807, 2.05) is 0 Å². The van der Waals surface area contributed by atoms with Gasteiger partial charge in [0.25, 0.3) is 0 Å². The molecule has 0 aromatic carbocycles. The summed E-state index contributed by atoms with van der Waals surface area (Å²) in [5.41, 5.74) is 5.36. The van der Waals surface area contributed by atoms with E-state index >= 15 is 0 Å². The van der Waals surface area contributed by atoms with Gasteiger partial charge in [-0.15, -0.1) is 6.58 Å². The van der Waals surface area contributed by atoms with Crippen LogP contribution < -0.4 is 11.1 Å². The summed E-state index contributed by atoms with van der Waals surface area (Å²) in [6.07, 6.45) is -2.43. The van der Waals surface area contributed by atoms with E-state index in [2.05, 4.69) is 11.9 Å². The van der Waals surface area contributed by atoms with Gasteiger partial charge in [-0.25, -0.2) is 0 Å². The molecular weight excluding hydrogens is 289 g/mol. The molecule has 1 fully saturated rings. The maximum Gasteiger partial charge on any atom is 0.320 e. The molecule has 1 aliphatic heterocycles. The molecule has 0 amide bonds. The Kier molecular flexibility index (Phi) is 7.31. The van der Waals surface area contributed by atoms with Crippen LogP contribution in [-0.2, 0) is 18.3 Å². The minimum absolute atomic E-state index is 0.0917. The molecule has 9 nitrogen and oxygen atoms in total. The van der Waals surface area contributed by atoms with Crippen molar-refractivity contribution in [2.24, 2.45) is 5.73 Å². The summed E-state index contributed by atoms with van der Waals surface area (Å²) < 4.78 is 27.1. The summed E-state index contributed by atoms with van der Waals surface area (Å²) in [6, 6.07) is 0. The van der Waals surface area contributed by atoms with Gasteiger partial charge in [0.05, 0.1) is 19.0 Å². The zero-order chi connectivity index (χ0) is 15.1. The largest absolute Gasteiger partial charge is 0.394 e. The second kappa shape index (κ2) is 8.48. The molecule has 0 aromatic rings. The Balaban J connectivity index is 2.61. The molecule has 0 aromatic heterocycles. The zero-order valence-electron chi connectivity index (χ0n) is 10.8. The van der Waals surface area contributed by atoms with Crippen LogP contribution in [0.4, 0.5) is 0 Å². The fourth-order valence-electron chi connectivity index (χ4n) is 1.71. The summed E-state index contributed by atoms with van der Waals surface area (Å²) >= 11 is 0. The van der Waals surface area contributed by atoms with Crippen LogP contribution in [0.1, 0.15) is 0 Å². The molecule has 0 spiro atoms. The molecule has 6 N–H and O–H groups in total. The van der Waals surface area contributed by atoms with Crippen LogP contribution in [0.3, 0.4) is 0 Å². The van der Waals surface area contributed by atoms with Gasteiger partial charge in [0.2, 0.25) is 0 Å². The van der Waals surface area contributed by atoms with E-state index in [1.54, 1.807) is 0 Å². The van der Waals surface area contributed by atoms with E-state index in [0.29, 0.717) is 0 Å². The van der Waals surface area contributed by atoms with E-state index in [4.69, 9.17) is 30.0 Å². The van der Waals surface area contributed by atoms with E-state index in [-0.39, 0.29) is 6.54 Å². The monoisotopic (exact) mass is 309 g/mol. The minimum Gasteiger partial charge on any atom is -0.394 e. The van der Waals surface area contributed by atoms with Gasteiger partial charge in [-0.3, -0.25) is 9.97 Å². The van der Waals surface area contributed by atoms with E-state index < -0.39 is 45.5 Å². The van der Waals surface area contributed by atoms with Crippen molar-refractivity contribution in [2.45, 2.75) is 30.6 Å². The second-order valence-corrected chi connectivity index (χ2v) is 5.01. The smallest absolute Gasteiger partial charge is 0.320 e. The molecule has 1 rings (SSSR count). The first kappa shape index (κ1) is 17.3. The number of hydrogen-bond donors (Lipinski definition) is 5. The number of rotatable bonds is 9. The predicted molar refractivity (Wildman–Crippen MR) is 71.7 cm³/mol. The van der Waals surface area contributed by atoms with Crippen molar-refractivity contribution < 1.29 is 28.6 Å². The highest BCUT2D eigenvalue weighted by molar-refractivity contribution is 7.33. The Morgan fingerprint density at radius 1 is 1.65 bits per heavy atom. The van der Waals surface area contributed by atoms with Gasteiger partial charge >= 0.3 is 8.25 Å². The molecule has 1 saturated heterocycles.